The Kier molecular flexibility index (Phi) is 9.78. The van der Waals surface area contributed by atoms with Gasteiger partial charge in [0.05, 0.1) is 6.61 Å². The number of carboxylic acids is 2. The highest BCUT2D eigenvalue weighted by Gasteiger charge is 2.24. The Morgan fingerprint density at radius 1 is 0.763 bits per heavy atom. The molecule has 4 aromatic rings. The zero-order valence-corrected chi connectivity index (χ0v) is 21.3. The van der Waals surface area contributed by atoms with Crippen LogP contribution in [0, 0.1) is 0 Å². The molecule has 1 aliphatic rings. The molecule has 0 bridgehead atoms. The number of aliphatic carboxylic acids is 2. The molecule has 2 N–H and O–H groups in total. The fourth-order valence-electron chi connectivity index (χ4n) is 4.28. The molecule has 0 aliphatic heterocycles. The highest BCUT2D eigenvalue weighted by molar-refractivity contribution is 5.93. The molecule has 0 spiro atoms. The van der Waals surface area contributed by atoms with Crippen molar-refractivity contribution in [1.29, 1.82) is 0 Å². The summed E-state index contributed by atoms with van der Waals surface area (Å²) in [5.74, 6) is -1.02. The largest absolute Gasteiger partial charge is 0.494 e. The minimum Gasteiger partial charge on any atom is -0.494 e. The molecule has 0 fully saturated rings. The molecule has 0 saturated carbocycles. The van der Waals surface area contributed by atoms with Gasteiger partial charge in [-0.15, -0.1) is 0 Å². The molecule has 0 atom stereocenters. The van der Waals surface area contributed by atoms with Gasteiger partial charge in [0.15, 0.2) is 0 Å². The van der Waals surface area contributed by atoms with Crippen LogP contribution in [-0.4, -0.2) is 28.8 Å². The van der Waals surface area contributed by atoms with Gasteiger partial charge in [-0.25, -0.2) is 9.59 Å². The van der Waals surface area contributed by atoms with Gasteiger partial charge in [0, 0.05) is 12.2 Å². The number of rotatable bonds is 6. The first-order valence-corrected chi connectivity index (χ1v) is 12.1. The van der Waals surface area contributed by atoms with E-state index in [0.29, 0.717) is 6.61 Å². The van der Waals surface area contributed by atoms with Crippen LogP contribution in [0.3, 0.4) is 0 Å². The molecule has 5 nitrogen and oxygen atoms in total. The Hall–Kier alpha value is -4.90. The van der Waals surface area contributed by atoms with Gasteiger partial charge >= 0.3 is 11.9 Å². The molecular formula is C33H30O5. The second kappa shape index (κ2) is 13.4. The van der Waals surface area contributed by atoms with Crippen LogP contribution in [-0.2, 0) is 16.0 Å². The van der Waals surface area contributed by atoms with Crippen molar-refractivity contribution >= 4 is 11.9 Å². The van der Waals surface area contributed by atoms with Crippen LogP contribution in [0.4, 0.5) is 0 Å². The Morgan fingerprint density at radius 3 is 1.82 bits per heavy atom. The lowest BCUT2D eigenvalue weighted by molar-refractivity contribution is -0.132. The van der Waals surface area contributed by atoms with Crippen molar-refractivity contribution in [2.24, 2.45) is 0 Å². The summed E-state index contributed by atoms with van der Waals surface area (Å²) >= 11 is 0. The van der Waals surface area contributed by atoms with E-state index in [-0.39, 0.29) is 0 Å². The second-order valence-electron chi connectivity index (χ2n) is 8.26. The van der Waals surface area contributed by atoms with E-state index in [2.05, 4.69) is 104 Å². The highest BCUT2D eigenvalue weighted by atomic mass is 16.5. The summed E-state index contributed by atoms with van der Waals surface area (Å²) in [7, 11) is 0. The summed E-state index contributed by atoms with van der Waals surface area (Å²) in [6.07, 6.45) is 2.63. The van der Waals surface area contributed by atoms with E-state index in [1.165, 1.54) is 44.5 Å². The Balaban J connectivity index is 0.000000344. The summed E-state index contributed by atoms with van der Waals surface area (Å²) in [6.45, 7) is 8.64. The van der Waals surface area contributed by atoms with Crippen molar-refractivity contribution in [3.05, 3.63) is 127 Å². The van der Waals surface area contributed by atoms with Crippen LogP contribution in [0.5, 0.6) is 5.75 Å². The zero-order valence-electron chi connectivity index (χ0n) is 21.3. The van der Waals surface area contributed by atoms with Gasteiger partial charge in [-0.3, -0.25) is 0 Å². The predicted molar refractivity (Wildman–Crippen MR) is 152 cm³/mol. The van der Waals surface area contributed by atoms with Crippen molar-refractivity contribution in [2.75, 3.05) is 6.61 Å². The van der Waals surface area contributed by atoms with Gasteiger partial charge < -0.3 is 14.9 Å². The summed E-state index contributed by atoms with van der Waals surface area (Å²) in [6, 6.07) is 32.5. The smallest absolute Gasteiger partial charge is 0.327 e. The predicted octanol–water partition coefficient (Wildman–Crippen LogP) is 7.50. The van der Waals surface area contributed by atoms with E-state index in [0.717, 1.165) is 24.3 Å². The highest BCUT2D eigenvalue weighted by Crippen LogP contribution is 2.46. The van der Waals surface area contributed by atoms with Crippen molar-refractivity contribution in [1.82, 2.24) is 0 Å². The van der Waals surface area contributed by atoms with Gasteiger partial charge in [-0.05, 0) is 70.0 Å². The van der Waals surface area contributed by atoms with Crippen LogP contribution in [0.1, 0.15) is 18.1 Å². The fourth-order valence-corrected chi connectivity index (χ4v) is 4.28. The number of carbonyl (C=O) groups is 2. The molecular weight excluding hydrogens is 476 g/mol. The zero-order chi connectivity index (χ0) is 27.5. The van der Waals surface area contributed by atoms with Gasteiger partial charge in [0.25, 0.3) is 0 Å². The number of hydrogen-bond donors (Lipinski definition) is 2. The molecule has 0 unspecified atom stereocenters. The maximum atomic E-state index is 9.25. The van der Waals surface area contributed by atoms with E-state index in [1.807, 2.05) is 6.92 Å². The maximum Gasteiger partial charge on any atom is 0.327 e. The number of benzene rings is 4. The van der Waals surface area contributed by atoms with E-state index in [4.69, 9.17) is 14.9 Å². The molecule has 5 heteroatoms. The summed E-state index contributed by atoms with van der Waals surface area (Å²) in [5.41, 5.74) is 10.6. The van der Waals surface area contributed by atoms with Gasteiger partial charge in [-0.2, -0.15) is 0 Å². The molecule has 4 aromatic carbocycles. The summed E-state index contributed by atoms with van der Waals surface area (Å²) < 4.78 is 5.75. The Morgan fingerprint density at radius 2 is 1.29 bits per heavy atom. The van der Waals surface area contributed by atoms with Gasteiger partial charge in [0.2, 0.25) is 0 Å². The maximum absolute atomic E-state index is 9.25. The van der Waals surface area contributed by atoms with Crippen LogP contribution in [0.15, 0.2) is 116 Å². The van der Waals surface area contributed by atoms with E-state index in [9.17, 15) is 9.59 Å². The molecule has 192 valence electrons. The van der Waals surface area contributed by atoms with Crippen LogP contribution < -0.4 is 4.74 Å². The van der Waals surface area contributed by atoms with E-state index in [1.54, 1.807) is 0 Å². The van der Waals surface area contributed by atoms with Crippen molar-refractivity contribution in [3.8, 4) is 39.1 Å². The topological polar surface area (TPSA) is 83.8 Å². The van der Waals surface area contributed by atoms with Crippen molar-refractivity contribution in [3.63, 3.8) is 0 Å². The first-order chi connectivity index (χ1) is 18.4. The normalized spacial score (nSPS) is 10.3. The van der Waals surface area contributed by atoms with Gasteiger partial charge in [-0.1, -0.05) is 92.0 Å². The number of fused-ring (bicyclic) bond motifs is 3. The minimum atomic E-state index is -0.981. The summed E-state index contributed by atoms with van der Waals surface area (Å²) in [4.78, 5) is 18.5. The third-order valence-corrected chi connectivity index (χ3v) is 5.86. The van der Waals surface area contributed by atoms with E-state index >= 15 is 0 Å². The standard InChI is InChI=1S/C27H22O.2C3H4O2/c1-2-28-22-14-13-21-17-26-24(25(21)18-22)16-15-23(19-9-5-3-6-10-19)27(26)20-11-7-4-8-12-20;2*1-2-3(4)5/h3-16,18H,2,17H2,1H3;2*2H,1H2,(H,4,5). The number of hydrogen-bond acceptors (Lipinski definition) is 3. The molecule has 0 amide bonds. The quantitative estimate of drug-likeness (QED) is 0.233. The first-order valence-electron chi connectivity index (χ1n) is 12.1. The minimum absolute atomic E-state index is 0.688. The molecule has 0 saturated heterocycles. The molecule has 0 aromatic heterocycles. The van der Waals surface area contributed by atoms with E-state index < -0.39 is 11.9 Å². The molecule has 0 heterocycles. The van der Waals surface area contributed by atoms with Crippen LogP contribution in [0.2, 0.25) is 0 Å². The number of ether oxygens (including phenoxy) is 1. The molecule has 38 heavy (non-hydrogen) atoms. The first kappa shape index (κ1) is 27.7. The average Bonchev–Trinajstić information content (AvgIpc) is 3.32. The molecule has 5 rings (SSSR count). The van der Waals surface area contributed by atoms with Crippen LogP contribution in [0.25, 0.3) is 33.4 Å². The lowest BCUT2D eigenvalue weighted by atomic mass is 9.88. The lowest BCUT2D eigenvalue weighted by Gasteiger charge is -2.16. The second-order valence-corrected chi connectivity index (χ2v) is 8.26. The van der Waals surface area contributed by atoms with Crippen LogP contribution >= 0.6 is 0 Å². The summed E-state index contributed by atoms with van der Waals surface area (Å²) in [5, 5.41) is 15.2. The third kappa shape index (κ3) is 6.86. The Bertz CT molecular complexity index is 1400. The fraction of sp³-hybridized carbons (Fsp3) is 0.0909. The van der Waals surface area contributed by atoms with Crippen molar-refractivity contribution in [2.45, 2.75) is 13.3 Å². The number of carboxylic acid groups (broad SMARTS) is 2. The average molecular weight is 507 g/mol. The lowest BCUT2D eigenvalue weighted by Crippen LogP contribution is -1.92. The Labute approximate surface area is 223 Å². The van der Waals surface area contributed by atoms with Crippen molar-refractivity contribution < 1.29 is 24.5 Å². The third-order valence-electron chi connectivity index (χ3n) is 5.86. The molecule has 1 aliphatic carbocycles. The van der Waals surface area contributed by atoms with Gasteiger partial charge in [0.1, 0.15) is 5.75 Å². The molecule has 0 radical (unpaired) electrons. The monoisotopic (exact) mass is 506 g/mol. The SMILES string of the molecule is C=CC(=O)O.C=CC(=O)O.CCOc1ccc2c(c1)-c1ccc(-c3ccccc3)c(-c3ccccc3)c1C2.